The summed E-state index contributed by atoms with van der Waals surface area (Å²) in [5, 5.41) is 1.21. The molecule has 0 saturated heterocycles. The lowest BCUT2D eigenvalue weighted by Gasteiger charge is -2.19. The molecule has 1 aliphatic heterocycles. The number of rotatable bonds is 1. The van der Waals surface area contributed by atoms with Gasteiger partial charge in [-0.15, -0.1) is 0 Å². The monoisotopic (exact) mass is 356 g/mol. The van der Waals surface area contributed by atoms with Gasteiger partial charge in [-0.25, -0.2) is 0 Å². The second-order valence-electron chi connectivity index (χ2n) is 5.47. The standard InChI is InChI=1S/C18H13BrO3/c1-10-6-12(8-19)16-14(7-10)15(20)18-17(22-16)13-5-3-2-4-11(13)9-21-18/h2-7H,8-9H2,1H3. The molecule has 0 unspecified atom stereocenters. The van der Waals surface area contributed by atoms with Crippen molar-refractivity contribution >= 4 is 26.9 Å². The normalized spacial score (nSPS) is 12.6. The van der Waals surface area contributed by atoms with E-state index in [-0.39, 0.29) is 5.43 Å². The molecule has 0 bridgehead atoms. The van der Waals surface area contributed by atoms with Gasteiger partial charge < -0.3 is 9.15 Å². The van der Waals surface area contributed by atoms with Gasteiger partial charge in [0.05, 0.1) is 5.39 Å². The Hall–Kier alpha value is -2.07. The van der Waals surface area contributed by atoms with Gasteiger partial charge >= 0.3 is 0 Å². The lowest BCUT2D eigenvalue weighted by atomic mass is 10.0. The average Bonchev–Trinajstić information content (AvgIpc) is 2.55. The van der Waals surface area contributed by atoms with E-state index in [0.29, 0.717) is 34.4 Å². The van der Waals surface area contributed by atoms with E-state index in [0.717, 1.165) is 22.3 Å². The van der Waals surface area contributed by atoms with Gasteiger partial charge in [0.2, 0.25) is 11.2 Å². The zero-order valence-corrected chi connectivity index (χ0v) is 13.6. The second kappa shape index (κ2) is 4.99. The molecular weight excluding hydrogens is 344 g/mol. The molecule has 0 fully saturated rings. The van der Waals surface area contributed by atoms with Crippen molar-refractivity contribution in [2.24, 2.45) is 0 Å². The Bertz CT molecular complexity index is 956. The van der Waals surface area contributed by atoms with Crippen LogP contribution in [0, 0.1) is 6.92 Å². The van der Waals surface area contributed by atoms with Gasteiger partial charge in [-0.2, -0.15) is 0 Å². The van der Waals surface area contributed by atoms with Crippen LogP contribution in [0.2, 0.25) is 0 Å². The van der Waals surface area contributed by atoms with Gasteiger partial charge in [-0.1, -0.05) is 46.3 Å². The molecule has 0 N–H and O–H groups in total. The summed E-state index contributed by atoms with van der Waals surface area (Å²) in [6.07, 6.45) is 0. The van der Waals surface area contributed by atoms with Crippen LogP contribution in [0.15, 0.2) is 45.6 Å². The Kier molecular flexibility index (Phi) is 3.08. The van der Waals surface area contributed by atoms with Crippen LogP contribution in [0.25, 0.3) is 22.3 Å². The number of ether oxygens (including phenoxy) is 1. The number of hydrogen-bond donors (Lipinski definition) is 0. The molecule has 0 spiro atoms. The zero-order valence-electron chi connectivity index (χ0n) is 12.0. The van der Waals surface area contributed by atoms with Crippen LogP contribution in [0.5, 0.6) is 5.75 Å². The third-order valence-corrected chi connectivity index (χ3v) is 4.55. The summed E-state index contributed by atoms with van der Waals surface area (Å²) in [6.45, 7) is 2.37. The Morgan fingerprint density at radius 1 is 1.23 bits per heavy atom. The summed E-state index contributed by atoms with van der Waals surface area (Å²) in [7, 11) is 0. The van der Waals surface area contributed by atoms with Crippen molar-refractivity contribution in [1.82, 2.24) is 0 Å². The smallest absolute Gasteiger partial charge is 0.235 e. The molecule has 1 aromatic heterocycles. The molecule has 0 amide bonds. The second-order valence-corrected chi connectivity index (χ2v) is 6.03. The predicted octanol–water partition coefficient (Wildman–Crippen LogP) is 4.56. The van der Waals surface area contributed by atoms with E-state index in [2.05, 4.69) is 15.9 Å². The predicted molar refractivity (Wildman–Crippen MR) is 89.6 cm³/mol. The molecular formula is C18H13BrO3. The van der Waals surface area contributed by atoms with Crippen molar-refractivity contribution in [2.75, 3.05) is 0 Å². The van der Waals surface area contributed by atoms with E-state index in [4.69, 9.17) is 9.15 Å². The fourth-order valence-corrected chi connectivity index (χ4v) is 3.35. The van der Waals surface area contributed by atoms with Gasteiger partial charge in [0.15, 0.2) is 5.76 Å². The van der Waals surface area contributed by atoms with E-state index in [9.17, 15) is 4.79 Å². The summed E-state index contributed by atoms with van der Waals surface area (Å²) in [5.74, 6) is 0.850. The Morgan fingerprint density at radius 2 is 2.05 bits per heavy atom. The van der Waals surface area contributed by atoms with E-state index < -0.39 is 0 Å². The van der Waals surface area contributed by atoms with Gasteiger partial charge in [0.25, 0.3) is 0 Å². The van der Waals surface area contributed by atoms with Crippen molar-refractivity contribution in [3.8, 4) is 17.1 Å². The molecule has 110 valence electrons. The minimum atomic E-state index is -0.100. The Labute approximate surface area is 135 Å². The fourth-order valence-electron chi connectivity index (χ4n) is 2.94. The van der Waals surface area contributed by atoms with Crippen LogP contribution in [0.1, 0.15) is 16.7 Å². The molecule has 2 heterocycles. The summed E-state index contributed by atoms with van der Waals surface area (Å²) in [6, 6.07) is 11.7. The van der Waals surface area contributed by atoms with Crippen LogP contribution in [0.4, 0.5) is 0 Å². The number of hydrogen-bond acceptors (Lipinski definition) is 3. The lowest BCUT2D eigenvalue weighted by Crippen LogP contribution is -2.15. The van der Waals surface area contributed by atoms with Gasteiger partial charge in [0, 0.05) is 22.0 Å². The van der Waals surface area contributed by atoms with Crippen molar-refractivity contribution in [3.05, 3.63) is 63.3 Å². The topological polar surface area (TPSA) is 39.4 Å². The van der Waals surface area contributed by atoms with Gasteiger partial charge in [-0.3, -0.25) is 4.79 Å². The molecule has 3 aromatic rings. The van der Waals surface area contributed by atoms with Crippen molar-refractivity contribution < 1.29 is 9.15 Å². The highest BCUT2D eigenvalue weighted by molar-refractivity contribution is 9.08. The number of fused-ring (bicyclic) bond motifs is 4. The summed E-state index contributed by atoms with van der Waals surface area (Å²) in [5.41, 5.74) is 4.50. The van der Waals surface area contributed by atoms with Crippen LogP contribution >= 0.6 is 15.9 Å². The third kappa shape index (κ3) is 1.91. The number of halogens is 1. The Balaban J connectivity index is 2.14. The number of alkyl halides is 1. The highest BCUT2D eigenvalue weighted by atomic mass is 79.9. The molecule has 0 aliphatic carbocycles. The average molecular weight is 357 g/mol. The molecule has 4 heteroatoms. The third-order valence-electron chi connectivity index (χ3n) is 3.95. The SMILES string of the molecule is Cc1cc(CBr)c2oc3c(c(=O)c2c1)OCc1ccccc1-3. The molecule has 4 rings (SSSR count). The van der Waals surface area contributed by atoms with E-state index in [1.165, 1.54) is 0 Å². The summed E-state index contributed by atoms with van der Waals surface area (Å²) in [4.78, 5) is 12.8. The lowest BCUT2D eigenvalue weighted by molar-refractivity contribution is 0.290. The maximum Gasteiger partial charge on any atom is 0.235 e. The molecule has 0 radical (unpaired) electrons. The van der Waals surface area contributed by atoms with Crippen LogP contribution < -0.4 is 10.2 Å². The first-order valence-corrected chi connectivity index (χ1v) is 8.18. The number of benzene rings is 2. The highest BCUT2D eigenvalue weighted by Gasteiger charge is 2.24. The molecule has 22 heavy (non-hydrogen) atoms. The first-order chi connectivity index (χ1) is 10.7. The summed E-state index contributed by atoms with van der Waals surface area (Å²) < 4.78 is 11.8. The molecule has 3 nitrogen and oxygen atoms in total. The van der Waals surface area contributed by atoms with Crippen LogP contribution in [-0.4, -0.2) is 0 Å². The zero-order chi connectivity index (χ0) is 15.3. The first-order valence-electron chi connectivity index (χ1n) is 7.06. The van der Waals surface area contributed by atoms with E-state index in [1.54, 1.807) is 0 Å². The van der Waals surface area contributed by atoms with Crippen molar-refractivity contribution in [1.29, 1.82) is 0 Å². The fraction of sp³-hybridized carbons (Fsp3) is 0.167. The minimum absolute atomic E-state index is 0.100. The molecule has 0 saturated carbocycles. The van der Waals surface area contributed by atoms with Crippen LogP contribution in [0.3, 0.4) is 0 Å². The summed E-state index contributed by atoms with van der Waals surface area (Å²) >= 11 is 3.47. The maximum atomic E-state index is 12.8. The van der Waals surface area contributed by atoms with Crippen molar-refractivity contribution in [2.45, 2.75) is 18.9 Å². The highest BCUT2D eigenvalue weighted by Crippen LogP contribution is 2.38. The van der Waals surface area contributed by atoms with Crippen molar-refractivity contribution in [3.63, 3.8) is 0 Å². The van der Waals surface area contributed by atoms with Crippen LogP contribution in [-0.2, 0) is 11.9 Å². The maximum absolute atomic E-state index is 12.8. The molecule has 1 aliphatic rings. The minimum Gasteiger partial charge on any atom is -0.481 e. The molecule has 0 atom stereocenters. The number of aryl methyl sites for hydroxylation is 1. The van der Waals surface area contributed by atoms with E-state index in [1.807, 2.05) is 43.3 Å². The Morgan fingerprint density at radius 3 is 2.86 bits per heavy atom. The molecule has 2 aromatic carbocycles. The van der Waals surface area contributed by atoms with Gasteiger partial charge in [-0.05, 0) is 18.6 Å². The quantitative estimate of drug-likeness (QED) is 0.600. The first kappa shape index (κ1) is 13.6. The van der Waals surface area contributed by atoms with Gasteiger partial charge in [0.1, 0.15) is 12.2 Å². The largest absolute Gasteiger partial charge is 0.481 e. The van der Waals surface area contributed by atoms with E-state index >= 15 is 0 Å².